The molecule has 0 spiro atoms. The zero-order chi connectivity index (χ0) is 14.4. The summed E-state index contributed by atoms with van der Waals surface area (Å²) >= 11 is 1.89. The fraction of sp³-hybridized carbons (Fsp3) is 0.769. The van der Waals surface area contributed by atoms with Gasteiger partial charge in [-0.2, -0.15) is 11.8 Å². The number of methoxy groups -OCH3 is 1. The van der Waals surface area contributed by atoms with Crippen LogP contribution >= 0.6 is 11.8 Å². The number of aromatic amines is 1. The van der Waals surface area contributed by atoms with E-state index in [0.29, 0.717) is 13.2 Å². The molecule has 1 unspecified atom stereocenters. The number of aromatic nitrogens is 3. The smallest absolute Gasteiger partial charge is 0.293 e. The monoisotopic (exact) mass is 298 g/mol. The van der Waals surface area contributed by atoms with Gasteiger partial charge in [0.15, 0.2) is 0 Å². The van der Waals surface area contributed by atoms with Crippen LogP contribution in [-0.2, 0) is 11.2 Å². The van der Waals surface area contributed by atoms with E-state index in [4.69, 9.17) is 4.74 Å². The molecule has 0 saturated carbocycles. The molecule has 1 saturated heterocycles. The molecule has 1 atom stereocenters. The van der Waals surface area contributed by atoms with Gasteiger partial charge in [0.25, 0.3) is 5.91 Å². The second-order valence-corrected chi connectivity index (χ2v) is 6.01. The lowest BCUT2D eigenvalue weighted by molar-refractivity contribution is 0.0613. The minimum atomic E-state index is -0.0897. The number of thioether (sulfide) groups is 1. The fourth-order valence-electron chi connectivity index (χ4n) is 2.28. The lowest BCUT2D eigenvalue weighted by Crippen LogP contribution is -2.42. The minimum absolute atomic E-state index is 0.0897. The van der Waals surface area contributed by atoms with Gasteiger partial charge < -0.3 is 9.64 Å². The third-order valence-corrected chi connectivity index (χ3v) is 4.50. The van der Waals surface area contributed by atoms with Gasteiger partial charge in [-0.1, -0.05) is 6.92 Å². The maximum atomic E-state index is 12.6. The van der Waals surface area contributed by atoms with E-state index in [1.807, 2.05) is 16.7 Å². The van der Waals surface area contributed by atoms with Crippen LogP contribution in [0.1, 0.15) is 36.2 Å². The molecule has 1 aromatic rings. The highest BCUT2D eigenvalue weighted by Crippen LogP contribution is 2.23. The highest BCUT2D eigenvalue weighted by Gasteiger charge is 2.29. The van der Waals surface area contributed by atoms with Crippen LogP contribution in [0.15, 0.2) is 0 Å². The van der Waals surface area contributed by atoms with Crippen LogP contribution in [0.3, 0.4) is 0 Å². The number of amides is 1. The van der Waals surface area contributed by atoms with Crippen molar-refractivity contribution in [2.24, 2.45) is 0 Å². The van der Waals surface area contributed by atoms with Crippen molar-refractivity contribution < 1.29 is 9.53 Å². The average Bonchev–Trinajstić information content (AvgIpc) is 3.10. The molecule has 0 radical (unpaired) electrons. The molecule has 2 heterocycles. The Bertz CT molecular complexity index is 432. The van der Waals surface area contributed by atoms with Crippen molar-refractivity contribution in [2.45, 2.75) is 32.2 Å². The standard InChI is InChI=1S/C13H22N4O2S/c1-3-4-11-14-12(16-15-11)13(18)17(6-7-19-2)10-5-8-20-9-10/h10H,3-9H2,1-2H3,(H,14,15,16). The molecule has 1 aliphatic rings. The van der Waals surface area contributed by atoms with Crippen LogP contribution in [0.25, 0.3) is 0 Å². The molecule has 0 aliphatic carbocycles. The first-order chi connectivity index (χ1) is 9.76. The topological polar surface area (TPSA) is 71.1 Å². The fourth-order valence-corrected chi connectivity index (χ4v) is 3.50. The molecule has 6 nitrogen and oxygen atoms in total. The van der Waals surface area contributed by atoms with Crippen LogP contribution in [0.2, 0.25) is 0 Å². The molecule has 1 aromatic heterocycles. The quantitative estimate of drug-likeness (QED) is 0.823. The second kappa shape index (κ2) is 7.64. The Hall–Kier alpha value is -1.08. The van der Waals surface area contributed by atoms with Crippen LogP contribution in [-0.4, -0.2) is 63.8 Å². The Labute approximate surface area is 123 Å². The summed E-state index contributed by atoms with van der Waals surface area (Å²) in [6.45, 7) is 3.21. The van der Waals surface area contributed by atoms with E-state index >= 15 is 0 Å². The van der Waals surface area contributed by atoms with Gasteiger partial charge in [-0.25, -0.2) is 4.98 Å². The summed E-state index contributed by atoms with van der Waals surface area (Å²) in [5, 5.41) is 6.90. The van der Waals surface area contributed by atoms with E-state index < -0.39 is 0 Å². The third-order valence-electron chi connectivity index (χ3n) is 3.35. The first-order valence-electron chi connectivity index (χ1n) is 7.05. The first-order valence-corrected chi connectivity index (χ1v) is 8.20. The summed E-state index contributed by atoms with van der Waals surface area (Å²) in [5.41, 5.74) is 0. The molecule has 1 aliphatic heterocycles. The number of ether oxygens (including phenoxy) is 1. The lowest BCUT2D eigenvalue weighted by atomic mass is 10.2. The van der Waals surface area contributed by atoms with Gasteiger partial charge >= 0.3 is 0 Å². The molecule has 112 valence electrons. The SMILES string of the molecule is CCCc1nc(C(=O)N(CCOC)C2CCSC2)n[nH]1. The van der Waals surface area contributed by atoms with Crippen LogP contribution in [0.5, 0.6) is 0 Å². The zero-order valence-corrected chi connectivity index (χ0v) is 12.9. The second-order valence-electron chi connectivity index (χ2n) is 4.86. The van der Waals surface area contributed by atoms with Gasteiger partial charge in [-0.15, -0.1) is 5.10 Å². The Morgan fingerprint density at radius 1 is 1.60 bits per heavy atom. The number of carbonyl (C=O) groups excluding carboxylic acids is 1. The molecule has 20 heavy (non-hydrogen) atoms. The van der Waals surface area contributed by atoms with Crippen LogP contribution < -0.4 is 0 Å². The summed E-state index contributed by atoms with van der Waals surface area (Å²) in [6, 6.07) is 0.274. The number of hydrogen-bond acceptors (Lipinski definition) is 5. The molecule has 1 fully saturated rings. The van der Waals surface area contributed by atoms with E-state index in [0.717, 1.165) is 36.6 Å². The average molecular weight is 298 g/mol. The van der Waals surface area contributed by atoms with Crippen molar-refractivity contribution in [3.63, 3.8) is 0 Å². The maximum Gasteiger partial charge on any atom is 0.293 e. The Morgan fingerprint density at radius 2 is 2.45 bits per heavy atom. The molecule has 0 aromatic carbocycles. The van der Waals surface area contributed by atoms with Gasteiger partial charge in [0.05, 0.1) is 6.61 Å². The Balaban J connectivity index is 2.07. The first kappa shape index (κ1) is 15.3. The maximum absolute atomic E-state index is 12.6. The molecule has 0 bridgehead atoms. The van der Waals surface area contributed by atoms with Gasteiger partial charge in [0, 0.05) is 31.9 Å². The predicted molar refractivity (Wildman–Crippen MR) is 79.0 cm³/mol. The number of rotatable bonds is 7. The number of nitrogens with zero attached hydrogens (tertiary/aromatic N) is 3. The van der Waals surface area contributed by atoms with E-state index in [1.54, 1.807) is 7.11 Å². The van der Waals surface area contributed by atoms with Crippen molar-refractivity contribution in [1.29, 1.82) is 0 Å². The minimum Gasteiger partial charge on any atom is -0.383 e. The number of carbonyl (C=O) groups is 1. The van der Waals surface area contributed by atoms with E-state index in [2.05, 4.69) is 22.1 Å². The number of H-pyrrole nitrogens is 1. The van der Waals surface area contributed by atoms with Gasteiger partial charge in [-0.3, -0.25) is 9.89 Å². The van der Waals surface area contributed by atoms with Crippen LogP contribution in [0.4, 0.5) is 0 Å². The van der Waals surface area contributed by atoms with Crippen molar-refractivity contribution >= 4 is 17.7 Å². The number of hydrogen-bond donors (Lipinski definition) is 1. The van der Waals surface area contributed by atoms with Crippen molar-refractivity contribution in [2.75, 3.05) is 31.8 Å². The van der Waals surface area contributed by atoms with E-state index in [-0.39, 0.29) is 17.8 Å². The molecule has 7 heteroatoms. The molecule has 1 N–H and O–H groups in total. The number of nitrogens with one attached hydrogen (secondary N) is 1. The van der Waals surface area contributed by atoms with Gasteiger partial charge in [0.2, 0.25) is 5.82 Å². The van der Waals surface area contributed by atoms with Crippen molar-refractivity contribution in [3.05, 3.63) is 11.6 Å². The molecular formula is C13H22N4O2S. The molecular weight excluding hydrogens is 276 g/mol. The summed E-state index contributed by atoms with van der Waals surface area (Å²) in [6.07, 6.45) is 2.83. The predicted octanol–water partition coefficient (Wildman–Crippen LogP) is 1.35. The van der Waals surface area contributed by atoms with Gasteiger partial charge in [0.1, 0.15) is 5.82 Å². The van der Waals surface area contributed by atoms with Crippen molar-refractivity contribution in [3.8, 4) is 0 Å². The summed E-state index contributed by atoms with van der Waals surface area (Å²) in [5.74, 6) is 3.07. The summed E-state index contributed by atoms with van der Waals surface area (Å²) in [4.78, 5) is 18.7. The lowest BCUT2D eigenvalue weighted by Gasteiger charge is -2.27. The van der Waals surface area contributed by atoms with Gasteiger partial charge in [-0.05, 0) is 18.6 Å². The van der Waals surface area contributed by atoms with E-state index in [1.165, 1.54) is 0 Å². The largest absolute Gasteiger partial charge is 0.383 e. The van der Waals surface area contributed by atoms with Crippen LogP contribution in [0, 0.1) is 0 Å². The highest BCUT2D eigenvalue weighted by atomic mass is 32.2. The molecule has 1 amide bonds. The van der Waals surface area contributed by atoms with Crippen molar-refractivity contribution in [1.82, 2.24) is 20.1 Å². The van der Waals surface area contributed by atoms with E-state index in [9.17, 15) is 4.79 Å². The molecule has 2 rings (SSSR count). The highest BCUT2D eigenvalue weighted by molar-refractivity contribution is 7.99. The summed E-state index contributed by atoms with van der Waals surface area (Å²) in [7, 11) is 1.65. The number of aryl methyl sites for hydroxylation is 1. The Morgan fingerprint density at radius 3 is 3.10 bits per heavy atom. The normalized spacial score (nSPS) is 18.4. The summed E-state index contributed by atoms with van der Waals surface area (Å²) < 4.78 is 5.11. The third kappa shape index (κ3) is 3.73. The Kier molecular flexibility index (Phi) is 5.85. The zero-order valence-electron chi connectivity index (χ0n) is 12.1.